The van der Waals surface area contributed by atoms with Gasteiger partial charge in [-0.3, -0.25) is 0 Å². The van der Waals surface area contributed by atoms with E-state index in [1.807, 2.05) is 18.2 Å². The van der Waals surface area contributed by atoms with E-state index in [4.69, 9.17) is 69.6 Å². The zero-order chi connectivity index (χ0) is 18.1. The SMILES string of the molecule is Clc1ccc(Cl)[c]([Bi]([c]2cc(Cl)ccc2Cl)[c]2cc(Cl)ccc2Cl)c1. The van der Waals surface area contributed by atoms with Crippen LogP contribution in [-0.2, 0) is 0 Å². The predicted octanol–water partition coefficient (Wildman–Crippen LogP) is 6.12. The van der Waals surface area contributed by atoms with Crippen molar-refractivity contribution in [2.45, 2.75) is 0 Å². The topological polar surface area (TPSA) is 0 Å². The second kappa shape index (κ2) is 8.53. The van der Waals surface area contributed by atoms with E-state index in [2.05, 4.69) is 0 Å². The second-order valence-electron chi connectivity index (χ2n) is 5.12. The van der Waals surface area contributed by atoms with Gasteiger partial charge in [-0.25, -0.2) is 0 Å². The molecule has 0 unspecified atom stereocenters. The molecule has 0 aliphatic rings. The van der Waals surface area contributed by atoms with Crippen molar-refractivity contribution in [2.24, 2.45) is 0 Å². The molecule has 0 bridgehead atoms. The Bertz CT molecular complexity index is 818. The monoisotopic (exact) mass is 644 g/mol. The van der Waals surface area contributed by atoms with Crippen molar-refractivity contribution in [3.63, 3.8) is 0 Å². The molecule has 7 heteroatoms. The molecule has 3 aromatic rings. The summed E-state index contributed by atoms with van der Waals surface area (Å²) in [4.78, 5) is 0. The van der Waals surface area contributed by atoms with Gasteiger partial charge in [-0.05, 0) is 0 Å². The van der Waals surface area contributed by atoms with E-state index in [0.29, 0.717) is 30.1 Å². The number of benzene rings is 3. The Balaban J connectivity index is 2.34. The van der Waals surface area contributed by atoms with Crippen LogP contribution in [0.2, 0.25) is 30.1 Å². The zero-order valence-electron chi connectivity index (χ0n) is 12.4. The van der Waals surface area contributed by atoms with E-state index in [9.17, 15) is 0 Å². The molecular weight excluding hydrogens is 638 g/mol. The van der Waals surface area contributed by atoms with E-state index >= 15 is 0 Å². The maximum absolute atomic E-state index is 6.52. The molecule has 0 aliphatic heterocycles. The molecule has 0 heterocycles. The Morgan fingerprint density at radius 2 is 0.720 bits per heavy atom. The van der Waals surface area contributed by atoms with Crippen LogP contribution in [0.15, 0.2) is 54.6 Å². The van der Waals surface area contributed by atoms with Crippen molar-refractivity contribution in [3.8, 4) is 0 Å². The van der Waals surface area contributed by atoms with Gasteiger partial charge in [-0.15, -0.1) is 0 Å². The van der Waals surface area contributed by atoms with Crippen molar-refractivity contribution in [1.29, 1.82) is 0 Å². The fourth-order valence-corrected chi connectivity index (χ4v) is 15.9. The van der Waals surface area contributed by atoms with Crippen LogP contribution in [0.4, 0.5) is 0 Å². The predicted molar refractivity (Wildman–Crippen MR) is 114 cm³/mol. The molecule has 0 radical (unpaired) electrons. The second-order valence-corrected chi connectivity index (χ2v) is 15.9. The Morgan fingerprint density at radius 3 is 1.00 bits per heavy atom. The molecule has 0 aromatic heterocycles. The van der Waals surface area contributed by atoms with E-state index in [0.717, 1.165) is 9.81 Å². The van der Waals surface area contributed by atoms with Crippen LogP contribution in [0.25, 0.3) is 0 Å². The molecule has 0 saturated carbocycles. The van der Waals surface area contributed by atoms with Gasteiger partial charge in [0.05, 0.1) is 0 Å². The normalized spacial score (nSPS) is 11.2. The van der Waals surface area contributed by atoms with Crippen LogP contribution >= 0.6 is 69.6 Å². The summed E-state index contributed by atoms with van der Waals surface area (Å²) in [5, 5.41) is 3.72. The van der Waals surface area contributed by atoms with Gasteiger partial charge in [-0.2, -0.15) is 0 Å². The summed E-state index contributed by atoms with van der Waals surface area (Å²) in [7, 11) is 0. The van der Waals surface area contributed by atoms with Crippen molar-refractivity contribution < 1.29 is 0 Å². The van der Waals surface area contributed by atoms with Gasteiger partial charge in [0.1, 0.15) is 0 Å². The molecule has 0 N–H and O–H groups in total. The van der Waals surface area contributed by atoms with Gasteiger partial charge >= 0.3 is 186 Å². The summed E-state index contributed by atoms with van der Waals surface area (Å²) in [5.41, 5.74) is 0. The Kier molecular flexibility index (Phi) is 6.83. The van der Waals surface area contributed by atoms with E-state index in [1.54, 1.807) is 36.4 Å². The van der Waals surface area contributed by atoms with Crippen LogP contribution in [-0.4, -0.2) is 21.8 Å². The third kappa shape index (κ3) is 4.58. The Hall–Kier alpha value is 0.283. The summed E-state index contributed by atoms with van der Waals surface area (Å²) in [6, 6.07) is 16.3. The van der Waals surface area contributed by atoms with E-state index < -0.39 is 21.8 Å². The molecule has 0 fully saturated rings. The summed E-state index contributed by atoms with van der Waals surface area (Å²) in [5.74, 6) is 0. The van der Waals surface area contributed by atoms with Crippen molar-refractivity contribution >= 4 is 101 Å². The van der Waals surface area contributed by atoms with Crippen molar-refractivity contribution in [1.82, 2.24) is 0 Å². The molecule has 0 aliphatic carbocycles. The number of hydrogen-bond acceptors (Lipinski definition) is 0. The first-order valence-corrected chi connectivity index (χ1v) is 14.5. The summed E-state index contributed by atoms with van der Waals surface area (Å²) in [6.45, 7) is 0. The number of hydrogen-bond donors (Lipinski definition) is 0. The molecule has 3 aromatic carbocycles. The number of rotatable bonds is 3. The van der Waals surface area contributed by atoms with Crippen LogP contribution in [0, 0.1) is 0 Å². The Morgan fingerprint density at radius 1 is 0.440 bits per heavy atom. The molecule has 3 rings (SSSR count). The van der Waals surface area contributed by atoms with Crippen molar-refractivity contribution in [2.75, 3.05) is 0 Å². The van der Waals surface area contributed by atoms with Crippen LogP contribution in [0.1, 0.15) is 0 Å². The molecule has 0 saturated heterocycles. The average Bonchev–Trinajstić information content (AvgIpc) is 2.57. The first kappa shape index (κ1) is 20.0. The molecule has 25 heavy (non-hydrogen) atoms. The maximum atomic E-state index is 6.52. The molecule has 128 valence electrons. The summed E-state index contributed by atoms with van der Waals surface area (Å²) < 4.78 is 2.91. The van der Waals surface area contributed by atoms with Gasteiger partial charge in [0.15, 0.2) is 0 Å². The standard InChI is InChI=1S/3C6H3Cl2.Bi/c3*7-5-1-2-6(8)4-3-5;/h3*1-3H;. The number of halogens is 6. The van der Waals surface area contributed by atoms with Crippen LogP contribution in [0.3, 0.4) is 0 Å². The quantitative estimate of drug-likeness (QED) is 0.301. The first-order valence-electron chi connectivity index (χ1n) is 7.02. The fraction of sp³-hybridized carbons (Fsp3) is 0. The minimum absolute atomic E-state index is 0.607. The first-order chi connectivity index (χ1) is 11.9. The van der Waals surface area contributed by atoms with Gasteiger partial charge in [0.25, 0.3) is 0 Å². The van der Waals surface area contributed by atoms with E-state index in [1.165, 1.54) is 0 Å². The summed E-state index contributed by atoms with van der Waals surface area (Å²) in [6.07, 6.45) is 0. The van der Waals surface area contributed by atoms with Gasteiger partial charge in [0, 0.05) is 0 Å². The Labute approximate surface area is 184 Å². The third-order valence-corrected chi connectivity index (χ3v) is 16.7. The zero-order valence-corrected chi connectivity index (χ0v) is 20.4. The molecule has 0 amide bonds. The third-order valence-electron chi connectivity index (χ3n) is 3.45. The fourth-order valence-electron chi connectivity index (χ4n) is 2.36. The molecule has 0 nitrogen and oxygen atoms in total. The van der Waals surface area contributed by atoms with Gasteiger partial charge in [0.2, 0.25) is 0 Å². The van der Waals surface area contributed by atoms with Crippen LogP contribution < -0.4 is 9.81 Å². The van der Waals surface area contributed by atoms with Crippen molar-refractivity contribution in [3.05, 3.63) is 84.7 Å². The summed E-state index contributed by atoms with van der Waals surface area (Å²) >= 11 is 35.3. The molecule has 0 spiro atoms. The minimum atomic E-state index is -2.99. The van der Waals surface area contributed by atoms with Crippen LogP contribution in [0.5, 0.6) is 0 Å². The van der Waals surface area contributed by atoms with Gasteiger partial charge in [-0.1, -0.05) is 0 Å². The van der Waals surface area contributed by atoms with Gasteiger partial charge < -0.3 is 0 Å². The molecular formula is C18H9BiCl6. The van der Waals surface area contributed by atoms with E-state index in [-0.39, 0.29) is 0 Å². The molecule has 0 atom stereocenters. The average molecular weight is 647 g/mol.